The Labute approximate surface area is 187 Å². The normalized spacial score (nSPS) is 38.6. The molecule has 3 rings (SSSR count). The maximum absolute atomic E-state index is 12.3. The summed E-state index contributed by atoms with van der Waals surface area (Å²) in [5.74, 6) is -2.57. The zero-order chi connectivity index (χ0) is 23.7. The molecule has 0 amide bonds. The molecule has 0 aromatic rings. The molecular formula is C24H32O8. The summed E-state index contributed by atoms with van der Waals surface area (Å²) in [6.07, 6.45) is 5.21. The molecule has 8 heteroatoms. The van der Waals surface area contributed by atoms with Gasteiger partial charge in [0.25, 0.3) is 0 Å². The molecule has 0 aromatic carbocycles. The predicted octanol–water partition coefficient (Wildman–Crippen LogP) is 2.15. The summed E-state index contributed by atoms with van der Waals surface area (Å²) < 4.78 is 10.3. The Kier molecular flexibility index (Phi) is 6.95. The van der Waals surface area contributed by atoms with Gasteiger partial charge in [0.1, 0.15) is 6.61 Å². The third kappa shape index (κ3) is 4.38. The highest BCUT2D eigenvalue weighted by molar-refractivity contribution is 5.94. The van der Waals surface area contributed by atoms with E-state index in [1.54, 1.807) is 6.08 Å². The van der Waals surface area contributed by atoms with E-state index in [-0.39, 0.29) is 36.0 Å². The van der Waals surface area contributed by atoms with Gasteiger partial charge in [0.15, 0.2) is 6.10 Å². The molecule has 1 aliphatic heterocycles. The van der Waals surface area contributed by atoms with Crippen molar-refractivity contribution in [3.63, 3.8) is 0 Å². The third-order valence-corrected chi connectivity index (χ3v) is 7.84. The first-order chi connectivity index (χ1) is 15.0. The van der Waals surface area contributed by atoms with Crippen molar-refractivity contribution in [1.29, 1.82) is 0 Å². The van der Waals surface area contributed by atoms with Crippen LogP contribution >= 0.6 is 0 Å². The van der Waals surface area contributed by atoms with E-state index in [0.717, 1.165) is 30.9 Å². The van der Waals surface area contributed by atoms with Gasteiger partial charge in [0, 0.05) is 17.6 Å². The Balaban J connectivity index is 1.81. The molecule has 32 heavy (non-hydrogen) atoms. The Hall–Kier alpha value is -2.45. The number of aliphatic hydroxyl groups excluding tert-OH is 2. The highest BCUT2D eigenvalue weighted by Gasteiger charge is 2.57. The molecule has 0 radical (unpaired) electrons. The molecular weight excluding hydrogens is 416 g/mol. The van der Waals surface area contributed by atoms with Crippen molar-refractivity contribution in [1.82, 2.24) is 0 Å². The zero-order valence-electron chi connectivity index (χ0n) is 18.6. The van der Waals surface area contributed by atoms with Crippen LogP contribution < -0.4 is 0 Å². The number of aliphatic carboxylic acids is 1. The van der Waals surface area contributed by atoms with Crippen LogP contribution in [-0.2, 0) is 23.9 Å². The van der Waals surface area contributed by atoms with Crippen molar-refractivity contribution in [2.75, 3.05) is 13.2 Å². The van der Waals surface area contributed by atoms with Gasteiger partial charge in [-0.25, -0.2) is 14.4 Å². The van der Waals surface area contributed by atoms with Gasteiger partial charge in [-0.3, -0.25) is 0 Å². The van der Waals surface area contributed by atoms with E-state index in [0.29, 0.717) is 18.9 Å². The van der Waals surface area contributed by atoms with Gasteiger partial charge >= 0.3 is 17.9 Å². The second kappa shape index (κ2) is 9.19. The Morgan fingerprint density at radius 1 is 1.28 bits per heavy atom. The molecule has 0 aromatic heterocycles. The van der Waals surface area contributed by atoms with Crippen LogP contribution in [0.3, 0.4) is 0 Å². The summed E-state index contributed by atoms with van der Waals surface area (Å²) in [5, 5.41) is 29.4. The minimum atomic E-state index is -1.28. The van der Waals surface area contributed by atoms with Crippen LogP contribution in [0.2, 0.25) is 0 Å². The average Bonchev–Trinajstić information content (AvgIpc) is 3.08. The van der Waals surface area contributed by atoms with Crippen LogP contribution in [0.25, 0.3) is 0 Å². The van der Waals surface area contributed by atoms with Crippen molar-refractivity contribution in [2.45, 2.75) is 58.2 Å². The van der Waals surface area contributed by atoms with Crippen molar-refractivity contribution in [2.24, 2.45) is 22.7 Å². The molecule has 1 saturated heterocycles. The van der Waals surface area contributed by atoms with E-state index in [2.05, 4.69) is 13.5 Å². The minimum Gasteiger partial charge on any atom is -0.478 e. The minimum absolute atomic E-state index is 0.0313. The highest BCUT2D eigenvalue weighted by atomic mass is 16.6. The number of esters is 2. The van der Waals surface area contributed by atoms with Gasteiger partial charge in [-0.1, -0.05) is 32.1 Å². The summed E-state index contributed by atoms with van der Waals surface area (Å²) in [7, 11) is 0. The molecule has 0 bridgehead atoms. The topological polar surface area (TPSA) is 130 Å². The van der Waals surface area contributed by atoms with Crippen molar-refractivity contribution in [3.05, 3.63) is 36.0 Å². The molecule has 0 unspecified atom stereocenters. The fourth-order valence-electron chi connectivity index (χ4n) is 5.97. The average molecular weight is 449 g/mol. The van der Waals surface area contributed by atoms with E-state index >= 15 is 0 Å². The second-order valence-electron chi connectivity index (χ2n) is 9.62. The summed E-state index contributed by atoms with van der Waals surface area (Å²) in [6, 6.07) is 0. The number of carbonyl (C=O) groups is 3. The van der Waals surface area contributed by atoms with Gasteiger partial charge in [0.2, 0.25) is 0 Å². The maximum atomic E-state index is 12.3. The van der Waals surface area contributed by atoms with Gasteiger partial charge in [-0.2, -0.15) is 0 Å². The fourth-order valence-corrected chi connectivity index (χ4v) is 5.97. The van der Waals surface area contributed by atoms with Crippen LogP contribution in [0, 0.1) is 22.7 Å². The molecule has 0 spiro atoms. The zero-order valence-corrected chi connectivity index (χ0v) is 18.6. The van der Waals surface area contributed by atoms with Crippen LogP contribution in [0.1, 0.15) is 46.0 Å². The number of aliphatic hydroxyl groups is 2. The number of hydrogen-bond acceptors (Lipinski definition) is 7. The van der Waals surface area contributed by atoms with Crippen LogP contribution in [-0.4, -0.2) is 58.6 Å². The van der Waals surface area contributed by atoms with E-state index in [9.17, 15) is 24.6 Å². The second-order valence-corrected chi connectivity index (χ2v) is 9.62. The third-order valence-electron chi connectivity index (χ3n) is 7.84. The number of carbonyl (C=O) groups excluding carboxylic acids is 2. The molecule has 1 heterocycles. The van der Waals surface area contributed by atoms with E-state index < -0.39 is 35.5 Å². The summed E-state index contributed by atoms with van der Waals surface area (Å²) in [6.45, 7) is 8.18. The quantitative estimate of drug-likeness (QED) is 0.320. The van der Waals surface area contributed by atoms with Crippen LogP contribution in [0.4, 0.5) is 0 Å². The first kappa shape index (κ1) is 24.2. The number of hydrogen-bond donors (Lipinski definition) is 3. The number of carboxylic acid groups (broad SMARTS) is 1. The van der Waals surface area contributed by atoms with Gasteiger partial charge in [0.05, 0.1) is 18.3 Å². The lowest BCUT2D eigenvalue weighted by Gasteiger charge is -2.59. The number of fused-ring (bicyclic) bond motifs is 1. The highest BCUT2D eigenvalue weighted by Crippen LogP contribution is 2.61. The molecule has 3 fully saturated rings. The molecule has 6 atom stereocenters. The van der Waals surface area contributed by atoms with E-state index in [4.69, 9.17) is 14.6 Å². The Morgan fingerprint density at radius 3 is 2.66 bits per heavy atom. The number of cyclic esters (lactones) is 1. The fraction of sp³-hybridized carbons (Fsp3) is 0.625. The van der Waals surface area contributed by atoms with E-state index in [1.807, 2.05) is 6.92 Å². The van der Waals surface area contributed by atoms with Crippen molar-refractivity contribution >= 4 is 17.9 Å². The maximum Gasteiger partial charge on any atom is 0.337 e. The Morgan fingerprint density at radius 2 is 2.00 bits per heavy atom. The molecule has 176 valence electrons. The molecule has 2 saturated carbocycles. The largest absolute Gasteiger partial charge is 0.478 e. The lowest BCUT2D eigenvalue weighted by atomic mass is 9.46. The first-order valence-electron chi connectivity index (χ1n) is 11.0. The lowest BCUT2D eigenvalue weighted by Crippen LogP contribution is -2.57. The van der Waals surface area contributed by atoms with Crippen molar-refractivity contribution < 1.29 is 39.2 Å². The number of allylic oxidation sites excluding steroid dienone is 2. The summed E-state index contributed by atoms with van der Waals surface area (Å²) in [4.78, 5) is 34.7. The van der Waals surface area contributed by atoms with Gasteiger partial charge < -0.3 is 24.8 Å². The smallest absolute Gasteiger partial charge is 0.337 e. The van der Waals surface area contributed by atoms with Crippen LogP contribution in [0.5, 0.6) is 0 Å². The summed E-state index contributed by atoms with van der Waals surface area (Å²) in [5.41, 5.74) is 0.505. The lowest BCUT2D eigenvalue weighted by molar-refractivity contribution is -0.151. The monoisotopic (exact) mass is 448 g/mol. The molecule has 2 aliphatic carbocycles. The predicted molar refractivity (Wildman–Crippen MR) is 114 cm³/mol. The molecule has 3 aliphatic rings. The van der Waals surface area contributed by atoms with Crippen LogP contribution in [0.15, 0.2) is 36.0 Å². The summed E-state index contributed by atoms with van der Waals surface area (Å²) >= 11 is 0. The number of carboxylic acids is 1. The van der Waals surface area contributed by atoms with Gasteiger partial charge in [-0.05, 0) is 49.4 Å². The SMILES string of the molecule is C=C1CC[C@@H]2[C@](C)(CO)[C@H](O)CC[C@@]2(C)[C@@H]1C/C=C1/C(=O)OC[C@H]1OC(=O)/C=C\C(=O)O. The number of ether oxygens (including phenoxy) is 2. The molecule has 3 N–H and O–H groups in total. The van der Waals surface area contributed by atoms with Crippen molar-refractivity contribution in [3.8, 4) is 0 Å². The number of rotatable bonds is 6. The first-order valence-corrected chi connectivity index (χ1v) is 11.0. The van der Waals surface area contributed by atoms with E-state index in [1.165, 1.54) is 0 Å². The standard InChI is InChI=1S/C24H32O8/c1-14-4-7-18-23(2,11-10-19(26)24(18,3)13-25)16(14)6-5-15-17(12-31-22(15)30)32-21(29)9-8-20(27)28/h5,8-9,16-19,25-26H,1,4,6-7,10-13H2,2-3H3,(H,27,28)/b9-8-,15-5+/t16-,17-,18+,19-,23+,24+/m1/s1. The van der Waals surface area contributed by atoms with Gasteiger partial charge in [-0.15, -0.1) is 0 Å². The Bertz CT molecular complexity index is 858. The molecule has 8 nitrogen and oxygen atoms in total.